The van der Waals surface area contributed by atoms with E-state index in [1.165, 1.54) is 0 Å². The predicted octanol–water partition coefficient (Wildman–Crippen LogP) is 4.08. The Morgan fingerprint density at radius 1 is 0.789 bits per heavy atom. The molecule has 0 saturated heterocycles. The Bertz CT molecular complexity index is 313. The van der Waals surface area contributed by atoms with Crippen molar-refractivity contribution in [2.24, 2.45) is 0 Å². The summed E-state index contributed by atoms with van der Waals surface area (Å²) in [7, 11) is 0. The Hall–Kier alpha value is -1.07. The molecule has 0 fully saturated rings. The molecule has 0 aliphatic rings. The fourth-order valence-electron chi connectivity index (χ4n) is 0.930. The monoisotopic (exact) mass is 311 g/mol. The summed E-state index contributed by atoms with van der Waals surface area (Å²) in [5.41, 5.74) is 0. The fraction of sp³-hybridized carbons (Fsp3) is 0.714. The highest BCUT2D eigenvalue weighted by molar-refractivity contribution is 5.00. The Morgan fingerprint density at radius 2 is 1.11 bits per heavy atom. The standard InChI is InChI=1S/C7H4F11N/c1-2-4(9,10)3(8)5(11,12)19(6(13,14)15)7(16,17)18/h2-3H,1H2. The van der Waals surface area contributed by atoms with E-state index in [2.05, 4.69) is 6.58 Å². The SMILES string of the molecule is C=CC(F)(F)C(F)C(F)(F)N(C(F)(F)F)C(F)(F)F. The van der Waals surface area contributed by atoms with Crippen molar-refractivity contribution in [1.29, 1.82) is 0 Å². The van der Waals surface area contributed by atoms with Crippen molar-refractivity contribution in [3.63, 3.8) is 0 Å². The van der Waals surface area contributed by atoms with Crippen LogP contribution in [-0.4, -0.2) is 35.6 Å². The van der Waals surface area contributed by atoms with Gasteiger partial charge < -0.3 is 0 Å². The summed E-state index contributed by atoms with van der Waals surface area (Å²) in [6.07, 6.45) is -19.6. The molecular weight excluding hydrogens is 307 g/mol. The average molecular weight is 311 g/mol. The maximum Gasteiger partial charge on any atom is 0.472 e. The Labute approximate surface area is 97.8 Å². The van der Waals surface area contributed by atoms with Crippen molar-refractivity contribution >= 4 is 0 Å². The molecule has 0 amide bonds. The van der Waals surface area contributed by atoms with Gasteiger partial charge in [-0.25, -0.2) is 4.39 Å². The van der Waals surface area contributed by atoms with Gasteiger partial charge in [-0.1, -0.05) is 11.5 Å². The summed E-state index contributed by atoms with van der Waals surface area (Å²) < 4.78 is 134. The molecule has 0 aliphatic carbocycles. The first-order valence-electron chi connectivity index (χ1n) is 4.05. The smallest absolute Gasteiger partial charge is 0.232 e. The van der Waals surface area contributed by atoms with E-state index in [0.29, 0.717) is 0 Å². The van der Waals surface area contributed by atoms with E-state index in [1.807, 2.05) is 0 Å². The van der Waals surface area contributed by atoms with Crippen LogP contribution in [0.4, 0.5) is 48.3 Å². The fourth-order valence-corrected chi connectivity index (χ4v) is 0.930. The van der Waals surface area contributed by atoms with Crippen molar-refractivity contribution in [2.45, 2.75) is 30.7 Å². The van der Waals surface area contributed by atoms with Crippen LogP contribution in [0.25, 0.3) is 0 Å². The number of rotatable bonds is 4. The van der Waals surface area contributed by atoms with E-state index in [9.17, 15) is 48.3 Å². The van der Waals surface area contributed by atoms with Gasteiger partial charge in [0.1, 0.15) is 0 Å². The molecule has 0 radical (unpaired) electrons. The normalized spacial score (nSPS) is 16.6. The average Bonchev–Trinajstić information content (AvgIpc) is 2.10. The van der Waals surface area contributed by atoms with Crippen molar-refractivity contribution in [1.82, 2.24) is 4.90 Å². The van der Waals surface area contributed by atoms with Gasteiger partial charge in [0, 0.05) is 0 Å². The minimum absolute atomic E-state index is 0.823. The number of alkyl halides is 11. The van der Waals surface area contributed by atoms with Gasteiger partial charge in [0.25, 0.3) is 0 Å². The molecule has 0 aromatic carbocycles. The number of halogens is 11. The van der Waals surface area contributed by atoms with Gasteiger partial charge in [0.15, 0.2) is 0 Å². The van der Waals surface area contributed by atoms with E-state index in [4.69, 9.17) is 0 Å². The summed E-state index contributed by atoms with van der Waals surface area (Å²) >= 11 is 0. The van der Waals surface area contributed by atoms with Crippen LogP contribution in [0.2, 0.25) is 0 Å². The first-order valence-corrected chi connectivity index (χ1v) is 4.05. The van der Waals surface area contributed by atoms with Crippen LogP contribution < -0.4 is 0 Å². The number of nitrogens with zero attached hydrogens (tertiary/aromatic N) is 1. The third kappa shape index (κ3) is 3.70. The van der Waals surface area contributed by atoms with Gasteiger partial charge in [-0.05, 0) is 6.08 Å². The van der Waals surface area contributed by atoms with Gasteiger partial charge in [-0.3, -0.25) is 0 Å². The largest absolute Gasteiger partial charge is 0.472 e. The summed E-state index contributed by atoms with van der Waals surface area (Å²) in [4.78, 5) is -3.53. The predicted molar refractivity (Wildman–Crippen MR) is 38.9 cm³/mol. The summed E-state index contributed by atoms with van der Waals surface area (Å²) in [6, 6.07) is -6.58. The molecule has 0 spiro atoms. The first-order chi connectivity index (χ1) is 8.08. The zero-order chi connectivity index (χ0) is 15.9. The topological polar surface area (TPSA) is 3.24 Å². The molecule has 0 bridgehead atoms. The van der Waals surface area contributed by atoms with Crippen LogP contribution in [-0.2, 0) is 0 Å². The van der Waals surface area contributed by atoms with Crippen LogP contribution in [0.1, 0.15) is 0 Å². The maximum atomic E-state index is 12.7. The summed E-state index contributed by atoms with van der Waals surface area (Å²) in [5, 5.41) is 0. The lowest BCUT2D eigenvalue weighted by atomic mass is 10.1. The van der Waals surface area contributed by atoms with E-state index < -0.39 is 41.7 Å². The molecule has 114 valence electrons. The summed E-state index contributed by atoms with van der Waals surface area (Å²) in [6.45, 7) is 2.15. The summed E-state index contributed by atoms with van der Waals surface area (Å²) in [5.74, 6) is -5.29. The van der Waals surface area contributed by atoms with Crippen molar-refractivity contribution < 1.29 is 48.3 Å². The van der Waals surface area contributed by atoms with Gasteiger partial charge in [0.2, 0.25) is 6.17 Å². The van der Waals surface area contributed by atoms with E-state index in [0.717, 1.165) is 0 Å². The number of hydrogen-bond acceptors (Lipinski definition) is 1. The molecule has 0 rings (SSSR count). The minimum Gasteiger partial charge on any atom is -0.232 e. The van der Waals surface area contributed by atoms with E-state index in [-0.39, 0.29) is 0 Å². The number of allylic oxidation sites excluding steroid dienone is 1. The molecule has 0 saturated carbocycles. The highest BCUT2D eigenvalue weighted by atomic mass is 19.4. The Kier molecular flexibility index (Phi) is 4.53. The Balaban J connectivity index is 5.76. The third-order valence-electron chi connectivity index (χ3n) is 1.72. The maximum absolute atomic E-state index is 12.7. The van der Waals surface area contributed by atoms with Gasteiger partial charge in [0.05, 0.1) is 0 Å². The van der Waals surface area contributed by atoms with Crippen molar-refractivity contribution in [2.75, 3.05) is 0 Å². The Morgan fingerprint density at radius 3 is 1.32 bits per heavy atom. The molecule has 19 heavy (non-hydrogen) atoms. The highest BCUT2D eigenvalue weighted by Crippen LogP contribution is 2.47. The van der Waals surface area contributed by atoms with E-state index in [1.54, 1.807) is 0 Å². The lowest BCUT2D eigenvalue weighted by Gasteiger charge is -2.36. The molecule has 0 N–H and O–H groups in total. The molecule has 1 unspecified atom stereocenters. The molecule has 12 heteroatoms. The first kappa shape index (κ1) is 17.9. The van der Waals surface area contributed by atoms with Gasteiger partial charge in [-0.2, -0.15) is 43.9 Å². The molecule has 0 aromatic heterocycles. The van der Waals surface area contributed by atoms with Crippen LogP contribution in [0, 0.1) is 0 Å². The molecule has 0 aliphatic heterocycles. The van der Waals surface area contributed by atoms with Gasteiger partial charge in [-0.15, -0.1) is 0 Å². The zero-order valence-electron chi connectivity index (χ0n) is 8.47. The molecule has 0 heterocycles. The van der Waals surface area contributed by atoms with E-state index >= 15 is 0 Å². The zero-order valence-corrected chi connectivity index (χ0v) is 8.47. The number of hydrogen-bond donors (Lipinski definition) is 0. The van der Waals surface area contributed by atoms with Crippen molar-refractivity contribution in [3.05, 3.63) is 12.7 Å². The molecule has 1 nitrogen and oxygen atoms in total. The van der Waals surface area contributed by atoms with Crippen molar-refractivity contribution in [3.8, 4) is 0 Å². The molecular formula is C7H4F11N. The second-order valence-electron chi connectivity index (χ2n) is 3.10. The minimum atomic E-state index is -6.82. The molecule has 1 atom stereocenters. The van der Waals surface area contributed by atoms with Crippen LogP contribution >= 0.6 is 0 Å². The lowest BCUT2D eigenvalue weighted by Crippen LogP contribution is -2.64. The third-order valence-corrected chi connectivity index (χ3v) is 1.72. The van der Waals surface area contributed by atoms with Crippen LogP contribution in [0.5, 0.6) is 0 Å². The molecule has 0 aromatic rings. The van der Waals surface area contributed by atoms with Crippen LogP contribution in [0.3, 0.4) is 0 Å². The second kappa shape index (κ2) is 4.80. The van der Waals surface area contributed by atoms with Crippen LogP contribution in [0.15, 0.2) is 12.7 Å². The highest BCUT2D eigenvalue weighted by Gasteiger charge is 2.72. The second-order valence-corrected chi connectivity index (χ2v) is 3.10. The quantitative estimate of drug-likeness (QED) is 0.429. The lowest BCUT2D eigenvalue weighted by molar-refractivity contribution is -0.453. The van der Waals surface area contributed by atoms with Gasteiger partial charge >= 0.3 is 24.6 Å².